The minimum Gasteiger partial charge on any atom is -0.483 e. The van der Waals surface area contributed by atoms with Crippen LogP contribution in [-0.2, 0) is 16.0 Å². The molecule has 2 aromatic rings. The summed E-state index contributed by atoms with van der Waals surface area (Å²) in [6, 6.07) is 15.2. The second kappa shape index (κ2) is 10.6. The maximum Gasteiger partial charge on any atom is 0.261 e. The van der Waals surface area contributed by atoms with Gasteiger partial charge < -0.3 is 15.0 Å². The lowest BCUT2D eigenvalue weighted by Gasteiger charge is -2.29. The topological polar surface area (TPSA) is 58.6 Å². The molecule has 1 atom stereocenters. The third-order valence-electron chi connectivity index (χ3n) is 4.76. The van der Waals surface area contributed by atoms with Crippen LogP contribution in [0.15, 0.2) is 48.5 Å². The largest absolute Gasteiger partial charge is 0.483 e. The van der Waals surface area contributed by atoms with E-state index in [4.69, 9.17) is 4.74 Å². The van der Waals surface area contributed by atoms with Gasteiger partial charge in [-0.25, -0.2) is 0 Å². The van der Waals surface area contributed by atoms with Gasteiger partial charge in [-0.15, -0.1) is 0 Å². The molecule has 0 radical (unpaired) electrons. The first kappa shape index (κ1) is 22.5. The summed E-state index contributed by atoms with van der Waals surface area (Å²) < 4.78 is 5.77. The predicted molar refractivity (Wildman–Crippen MR) is 116 cm³/mol. The van der Waals surface area contributed by atoms with Gasteiger partial charge in [0, 0.05) is 12.6 Å². The molecule has 5 nitrogen and oxygen atoms in total. The van der Waals surface area contributed by atoms with Crippen LogP contribution in [0.2, 0.25) is 0 Å². The highest BCUT2D eigenvalue weighted by Gasteiger charge is 2.26. The molecule has 0 spiro atoms. The fraction of sp³-hybridized carbons (Fsp3) is 0.417. The molecular weight excluding hydrogens is 364 g/mol. The van der Waals surface area contributed by atoms with Crippen molar-refractivity contribution in [3.05, 3.63) is 65.2 Å². The van der Waals surface area contributed by atoms with E-state index < -0.39 is 6.04 Å². The molecule has 5 heteroatoms. The zero-order valence-electron chi connectivity index (χ0n) is 18.1. The minimum absolute atomic E-state index is 0.0162. The van der Waals surface area contributed by atoms with E-state index in [-0.39, 0.29) is 24.5 Å². The molecule has 2 aromatic carbocycles. The Morgan fingerprint density at radius 3 is 2.34 bits per heavy atom. The summed E-state index contributed by atoms with van der Waals surface area (Å²) in [5.41, 5.74) is 3.25. The first-order valence-corrected chi connectivity index (χ1v) is 10.1. The number of hydrogen-bond acceptors (Lipinski definition) is 3. The number of amides is 2. The minimum atomic E-state index is -0.573. The van der Waals surface area contributed by atoms with Gasteiger partial charge in [0.05, 0.1) is 0 Å². The fourth-order valence-corrected chi connectivity index (χ4v) is 3.16. The molecule has 156 valence electrons. The van der Waals surface area contributed by atoms with Crippen molar-refractivity contribution in [1.82, 2.24) is 10.2 Å². The first-order chi connectivity index (χ1) is 13.8. The van der Waals surface area contributed by atoms with Gasteiger partial charge >= 0.3 is 0 Å². The highest BCUT2D eigenvalue weighted by atomic mass is 16.5. The lowest BCUT2D eigenvalue weighted by atomic mass is 10.1. The van der Waals surface area contributed by atoms with E-state index in [9.17, 15) is 9.59 Å². The Balaban J connectivity index is 2.09. The summed E-state index contributed by atoms with van der Waals surface area (Å²) in [5.74, 6) is 0.325. The summed E-state index contributed by atoms with van der Waals surface area (Å²) in [6.45, 7) is 9.90. The Morgan fingerprint density at radius 1 is 1.03 bits per heavy atom. The number of hydrogen-bond donors (Lipinski definition) is 1. The zero-order chi connectivity index (χ0) is 21.4. The van der Waals surface area contributed by atoms with E-state index in [0.29, 0.717) is 18.7 Å². The highest BCUT2D eigenvalue weighted by molar-refractivity contribution is 5.88. The Labute approximate surface area is 174 Å². The molecule has 0 heterocycles. The third kappa shape index (κ3) is 6.93. The average Bonchev–Trinajstić information content (AvgIpc) is 2.67. The predicted octanol–water partition coefficient (Wildman–Crippen LogP) is 3.67. The molecule has 29 heavy (non-hydrogen) atoms. The van der Waals surface area contributed by atoms with Crippen LogP contribution in [0, 0.1) is 13.8 Å². The fourth-order valence-electron chi connectivity index (χ4n) is 3.16. The Hall–Kier alpha value is -2.82. The van der Waals surface area contributed by atoms with Gasteiger partial charge in [0.25, 0.3) is 5.91 Å². The first-order valence-electron chi connectivity index (χ1n) is 10.1. The number of carbonyl (C=O) groups is 2. The summed E-state index contributed by atoms with van der Waals surface area (Å²) >= 11 is 0. The van der Waals surface area contributed by atoms with Gasteiger partial charge in [-0.3, -0.25) is 9.59 Å². The molecule has 0 aliphatic heterocycles. The Bertz CT molecular complexity index is 818. The molecule has 0 saturated heterocycles. The Morgan fingerprint density at radius 2 is 1.72 bits per heavy atom. The van der Waals surface area contributed by atoms with Crippen LogP contribution in [0.5, 0.6) is 5.75 Å². The van der Waals surface area contributed by atoms with Gasteiger partial charge in [-0.05, 0) is 58.2 Å². The van der Waals surface area contributed by atoms with Crippen molar-refractivity contribution < 1.29 is 14.3 Å². The number of carbonyl (C=O) groups excluding carboxylic acids is 2. The van der Waals surface area contributed by atoms with Crippen molar-refractivity contribution in [1.29, 1.82) is 0 Å². The highest BCUT2D eigenvalue weighted by Crippen LogP contribution is 2.19. The third-order valence-corrected chi connectivity index (χ3v) is 4.76. The zero-order valence-corrected chi connectivity index (χ0v) is 18.1. The molecule has 0 unspecified atom stereocenters. The molecule has 0 fully saturated rings. The molecule has 1 N–H and O–H groups in total. The van der Waals surface area contributed by atoms with Crippen molar-refractivity contribution in [2.24, 2.45) is 0 Å². The van der Waals surface area contributed by atoms with Gasteiger partial charge in [-0.2, -0.15) is 0 Å². The molecule has 0 aliphatic carbocycles. The maximum atomic E-state index is 13.0. The quantitative estimate of drug-likeness (QED) is 0.704. The number of rotatable bonds is 9. The van der Waals surface area contributed by atoms with Crippen LogP contribution < -0.4 is 10.1 Å². The Kier molecular flexibility index (Phi) is 8.25. The van der Waals surface area contributed by atoms with E-state index in [0.717, 1.165) is 16.7 Å². The molecule has 2 rings (SSSR count). The van der Waals surface area contributed by atoms with Gasteiger partial charge in [0.15, 0.2) is 6.61 Å². The number of ether oxygens (including phenoxy) is 1. The van der Waals surface area contributed by atoms with Gasteiger partial charge in [0.1, 0.15) is 11.8 Å². The van der Waals surface area contributed by atoms with E-state index in [1.807, 2.05) is 76.2 Å². The summed E-state index contributed by atoms with van der Waals surface area (Å²) in [5, 5.41) is 2.89. The summed E-state index contributed by atoms with van der Waals surface area (Å²) in [6.07, 6.45) is 0.676. The second-order valence-corrected chi connectivity index (χ2v) is 7.72. The van der Waals surface area contributed by atoms with Gasteiger partial charge in [-0.1, -0.05) is 48.0 Å². The molecular formula is C24H32N2O3. The monoisotopic (exact) mass is 396 g/mol. The van der Waals surface area contributed by atoms with E-state index in [1.165, 1.54) is 0 Å². The molecule has 0 aliphatic rings. The normalized spacial score (nSPS) is 11.8. The molecule has 2 amide bonds. The van der Waals surface area contributed by atoms with Crippen LogP contribution in [0.25, 0.3) is 0 Å². The lowest BCUT2D eigenvalue weighted by Crippen LogP contribution is -2.51. The average molecular weight is 397 g/mol. The van der Waals surface area contributed by atoms with Crippen LogP contribution in [0.1, 0.15) is 37.5 Å². The summed E-state index contributed by atoms with van der Waals surface area (Å²) in [7, 11) is 0. The van der Waals surface area contributed by atoms with Crippen molar-refractivity contribution in [2.75, 3.05) is 13.2 Å². The number of aryl methyl sites for hydroxylation is 2. The second-order valence-electron chi connectivity index (χ2n) is 7.72. The van der Waals surface area contributed by atoms with E-state index in [1.54, 1.807) is 11.8 Å². The standard InChI is InChI=1S/C24H32N2O3/c1-17(2)25-24(28)20(5)26(14-13-21-9-7-6-8-10-21)23(27)16-29-22-12-11-18(3)15-19(22)4/h6-12,15,17,20H,13-14,16H2,1-5H3,(H,25,28)/t20-/m1/s1. The number of nitrogens with zero attached hydrogens (tertiary/aromatic N) is 1. The lowest BCUT2D eigenvalue weighted by molar-refractivity contribution is -0.141. The number of benzene rings is 2. The number of nitrogens with one attached hydrogen (secondary N) is 1. The van der Waals surface area contributed by atoms with Crippen molar-refractivity contribution in [3.63, 3.8) is 0 Å². The maximum absolute atomic E-state index is 13.0. The molecule has 0 saturated carbocycles. The smallest absolute Gasteiger partial charge is 0.261 e. The van der Waals surface area contributed by atoms with E-state index in [2.05, 4.69) is 5.32 Å². The van der Waals surface area contributed by atoms with Crippen molar-refractivity contribution in [2.45, 2.75) is 53.1 Å². The van der Waals surface area contributed by atoms with Crippen LogP contribution in [0.3, 0.4) is 0 Å². The van der Waals surface area contributed by atoms with Crippen LogP contribution >= 0.6 is 0 Å². The molecule has 0 bridgehead atoms. The summed E-state index contributed by atoms with van der Waals surface area (Å²) in [4.78, 5) is 27.1. The van der Waals surface area contributed by atoms with Crippen molar-refractivity contribution in [3.8, 4) is 5.75 Å². The SMILES string of the molecule is Cc1ccc(OCC(=O)N(CCc2ccccc2)[C@H](C)C(=O)NC(C)C)c(C)c1. The van der Waals surface area contributed by atoms with Gasteiger partial charge in [0.2, 0.25) is 5.91 Å². The van der Waals surface area contributed by atoms with E-state index >= 15 is 0 Å². The van der Waals surface area contributed by atoms with Crippen LogP contribution in [-0.4, -0.2) is 41.9 Å². The van der Waals surface area contributed by atoms with Crippen molar-refractivity contribution >= 4 is 11.8 Å². The molecule has 0 aromatic heterocycles. The van der Waals surface area contributed by atoms with Crippen LogP contribution in [0.4, 0.5) is 0 Å².